The number of amides is 1. The number of aromatic nitrogens is 3. The lowest BCUT2D eigenvalue weighted by Gasteiger charge is -2.07. The second-order valence-corrected chi connectivity index (χ2v) is 6.21. The Morgan fingerprint density at radius 3 is 2.74 bits per heavy atom. The van der Waals surface area contributed by atoms with Gasteiger partial charge in [0.25, 0.3) is 5.91 Å². The highest BCUT2D eigenvalue weighted by Crippen LogP contribution is 2.26. The van der Waals surface area contributed by atoms with Crippen LogP contribution in [-0.4, -0.2) is 21.3 Å². The maximum absolute atomic E-state index is 12.6. The van der Waals surface area contributed by atoms with Gasteiger partial charge in [-0.15, -0.1) is 0 Å². The van der Waals surface area contributed by atoms with Gasteiger partial charge in [0.1, 0.15) is 23.7 Å². The Balaban J connectivity index is 1.56. The maximum atomic E-state index is 12.6. The number of rotatable bonds is 5. The lowest BCUT2D eigenvalue weighted by atomic mass is 10.2. The first-order valence-electron chi connectivity index (χ1n) is 8.51. The molecule has 0 aliphatic rings. The minimum absolute atomic E-state index is 0.310. The number of benzene rings is 2. The predicted octanol–water partition coefficient (Wildman–Crippen LogP) is 4.00. The molecule has 0 aliphatic heterocycles. The first kappa shape index (κ1) is 16.8. The van der Waals surface area contributed by atoms with Gasteiger partial charge in [0.05, 0.1) is 11.2 Å². The van der Waals surface area contributed by atoms with E-state index in [0.29, 0.717) is 35.2 Å². The zero-order chi connectivity index (χ0) is 18.8. The van der Waals surface area contributed by atoms with Crippen LogP contribution in [0.5, 0.6) is 5.75 Å². The van der Waals surface area contributed by atoms with Crippen LogP contribution in [0.2, 0.25) is 0 Å². The number of ether oxygens (including phenoxy) is 1. The van der Waals surface area contributed by atoms with E-state index < -0.39 is 0 Å². The highest BCUT2D eigenvalue weighted by Gasteiger charge is 2.19. The topological polar surface area (TPSA) is 93.0 Å². The van der Waals surface area contributed by atoms with Crippen LogP contribution in [0.1, 0.15) is 27.4 Å². The van der Waals surface area contributed by atoms with E-state index in [9.17, 15) is 4.79 Å². The summed E-state index contributed by atoms with van der Waals surface area (Å²) in [5.41, 5.74) is 2.84. The Hall–Kier alpha value is -3.61. The van der Waals surface area contributed by atoms with Crippen LogP contribution in [0.4, 0.5) is 5.82 Å². The van der Waals surface area contributed by atoms with E-state index in [1.54, 1.807) is 13.8 Å². The maximum Gasteiger partial charge on any atom is 0.262 e. The first-order chi connectivity index (χ1) is 13.1. The lowest BCUT2D eigenvalue weighted by molar-refractivity contribution is 0.102. The molecule has 0 bridgehead atoms. The van der Waals surface area contributed by atoms with Crippen molar-refractivity contribution in [2.45, 2.75) is 20.5 Å². The molecule has 2 heterocycles. The van der Waals surface area contributed by atoms with E-state index in [0.717, 1.165) is 16.5 Å². The van der Waals surface area contributed by atoms with Gasteiger partial charge in [0.15, 0.2) is 5.82 Å². The molecule has 2 N–H and O–H groups in total. The van der Waals surface area contributed by atoms with E-state index in [1.165, 1.54) is 0 Å². The summed E-state index contributed by atoms with van der Waals surface area (Å²) in [6.45, 7) is 3.89. The summed E-state index contributed by atoms with van der Waals surface area (Å²) in [5.74, 6) is 1.28. The van der Waals surface area contributed by atoms with Crippen LogP contribution in [0, 0.1) is 13.8 Å². The summed E-state index contributed by atoms with van der Waals surface area (Å²) >= 11 is 0. The van der Waals surface area contributed by atoms with Gasteiger partial charge >= 0.3 is 0 Å². The minimum Gasteiger partial charge on any atom is -0.489 e. The molecule has 0 atom stereocenters. The molecule has 0 spiro atoms. The summed E-state index contributed by atoms with van der Waals surface area (Å²) in [5, 5.41) is 14.5. The van der Waals surface area contributed by atoms with Crippen molar-refractivity contribution in [2.24, 2.45) is 0 Å². The number of aromatic amines is 1. The van der Waals surface area contributed by atoms with Crippen LogP contribution in [0.15, 0.2) is 53.1 Å². The minimum atomic E-state index is -0.310. The Morgan fingerprint density at radius 1 is 1.19 bits per heavy atom. The third kappa shape index (κ3) is 3.39. The van der Waals surface area contributed by atoms with Crippen LogP contribution >= 0.6 is 0 Å². The van der Waals surface area contributed by atoms with E-state index in [-0.39, 0.29) is 5.91 Å². The summed E-state index contributed by atoms with van der Waals surface area (Å²) in [7, 11) is 0. The van der Waals surface area contributed by atoms with Crippen molar-refractivity contribution in [3.63, 3.8) is 0 Å². The summed E-state index contributed by atoms with van der Waals surface area (Å²) < 4.78 is 10.9. The number of aryl methyl sites for hydroxylation is 2. The second-order valence-electron chi connectivity index (χ2n) is 6.21. The zero-order valence-electron chi connectivity index (χ0n) is 14.9. The van der Waals surface area contributed by atoms with Crippen molar-refractivity contribution in [3.8, 4) is 5.75 Å². The molecular formula is C20H18N4O3. The number of hydrogen-bond acceptors (Lipinski definition) is 5. The number of nitrogens with one attached hydrogen (secondary N) is 2. The van der Waals surface area contributed by atoms with Crippen molar-refractivity contribution in [2.75, 3.05) is 5.32 Å². The number of carbonyl (C=O) groups is 1. The Kier molecular flexibility index (Phi) is 4.33. The van der Waals surface area contributed by atoms with Crippen LogP contribution in [0.25, 0.3) is 10.9 Å². The largest absolute Gasteiger partial charge is 0.489 e. The van der Waals surface area contributed by atoms with Crippen molar-refractivity contribution in [1.82, 2.24) is 15.4 Å². The predicted molar refractivity (Wildman–Crippen MR) is 101 cm³/mol. The fraction of sp³-hybridized carbons (Fsp3) is 0.150. The fourth-order valence-corrected chi connectivity index (χ4v) is 2.90. The fourth-order valence-electron chi connectivity index (χ4n) is 2.90. The summed E-state index contributed by atoms with van der Waals surface area (Å²) in [6.07, 6.45) is 0. The summed E-state index contributed by atoms with van der Waals surface area (Å²) in [4.78, 5) is 12.6. The molecule has 0 fully saturated rings. The molecule has 0 aliphatic carbocycles. The number of hydrogen-bond donors (Lipinski definition) is 2. The highest BCUT2D eigenvalue weighted by molar-refractivity contribution is 6.09. The van der Waals surface area contributed by atoms with Gasteiger partial charge in [-0.3, -0.25) is 9.89 Å². The van der Waals surface area contributed by atoms with Gasteiger partial charge in [-0.25, -0.2) is 0 Å². The molecule has 7 heteroatoms. The van der Waals surface area contributed by atoms with E-state index >= 15 is 0 Å². The van der Waals surface area contributed by atoms with Crippen LogP contribution in [-0.2, 0) is 6.61 Å². The zero-order valence-corrected chi connectivity index (χ0v) is 14.9. The Morgan fingerprint density at radius 2 is 2.00 bits per heavy atom. The number of fused-ring (bicyclic) bond motifs is 1. The third-order valence-corrected chi connectivity index (χ3v) is 4.28. The number of carbonyl (C=O) groups excluding carboxylic acids is 1. The van der Waals surface area contributed by atoms with Gasteiger partial charge in [0, 0.05) is 5.39 Å². The lowest BCUT2D eigenvalue weighted by Crippen LogP contribution is -2.14. The molecule has 0 unspecified atom stereocenters. The number of H-pyrrole nitrogens is 1. The Bertz CT molecular complexity index is 1080. The molecule has 2 aromatic heterocycles. The van der Waals surface area contributed by atoms with Crippen molar-refractivity contribution in [3.05, 3.63) is 71.1 Å². The molecule has 2 aromatic carbocycles. The van der Waals surface area contributed by atoms with E-state index in [2.05, 4.69) is 20.7 Å². The number of nitrogens with zero attached hydrogens (tertiary/aromatic N) is 2. The molecule has 27 heavy (non-hydrogen) atoms. The number of anilines is 1. The van der Waals surface area contributed by atoms with Gasteiger partial charge in [-0.2, -0.15) is 5.10 Å². The molecule has 136 valence electrons. The molecule has 0 saturated heterocycles. The van der Waals surface area contributed by atoms with Crippen LogP contribution < -0.4 is 10.1 Å². The van der Waals surface area contributed by atoms with Gasteiger partial charge < -0.3 is 14.6 Å². The molecular weight excluding hydrogens is 344 g/mol. The molecule has 7 nitrogen and oxygen atoms in total. The first-order valence-corrected chi connectivity index (χ1v) is 8.51. The van der Waals surface area contributed by atoms with Gasteiger partial charge in [0.2, 0.25) is 0 Å². The van der Waals surface area contributed by atoms with E-state index in [4.69, 9.17) is 9.26 Å². The summed E-state index contributed by atoms with van der Waals surface area (Å²) in [6, 6.07) is 15.5. The van der Waals surface area contributed by atoms with E-state index in [1.807, 2.05) is 48.5 Å². The van der Waals surface area contributed by atoms with Gasteiger partial charge in [-0.05, 0) is 37.6 Å². The average molecular weight is 362 g/mol. The second kappa shape index (κ2) is 6.95. The molecule has 4 aromatic rings. The normalized spacial score (nSPS) is 10.9. The molecule has 1 amide bonds. The van der Waals surface area contributed by atoms with Gasteiger partial charge in [-0.1, -0.05) is 35.5 Å². The van der Waals surface area contributed by atoms with Crippen molar-refractivity contribution >= 4 is 22.6 Å². The third-order valence-electron chi connectivity index (χ3n) is 4.28. The molecule has 0 saturated carbocycles. The average Bonchev–Trinajstić information content (AvgIpc) is 3.23. The van der Waals surface area contributed by atoms with Crippen molar-refractivity contribution < 1.29 is 14.1 Å². The molecule has 4 rings (SSSR count). The smallest absolute Gasteiger partial charge is 0.262 e. The standard InChI is InChI=1S/C20H18N4O3/c1-12-18(13(2)27-24-12)20(25)21-19-16-10-15(8-9-17(16)22-23-19)26-11-14-6-4-3-5-7-14/h3-10H,11H2,1-2H3,(H2,21,22,23,25). The SMILES string of the molecule is Cc1noc(C)c1C(=O)Nc1n[nH]c2ccc(OCc3ccccc3)cc12. The quantitative estimate of drug-likeness (QED) is 0.560. The molecule has 0 radical (unpaired) electrons. The van der Waals surface area contributed by atoms with Crippen LogP contribution in [0.3, 0.4) is 0 Å². The highest BCUT2D eigenvalue weighted by atomic mass is 16.5. The Labute approximate surface area is 155 Å². The monoisotopic (exact) mass is 362 g/mol. The van der Waals surface area contributed by atoms with Crippen molar-refractivity contribution in [1.29, 1.82) is 0 Å².